The molecule has 5 nitrogen and oxygen atoms in total. The largest absolute Gasteiger partial charge is 0.349 e. The van der Waals surface area contributed by atoms with Gasteiger partial charge in [-0.1, -0.05) is 48.5 Å². The summed E-state index contributed by atoms with van der Waals surface area (Å²) in [6.07, 6.45) is 2.45. The molecule has 1 amide bonds. The van der Waals surface area contributed by atoms with Crippen molar-refractivity contribution in [1.29, 1.82) is 0 Å². The molecule has 3 rings (SSSR count). The van der Waals surface area contributed by atoms with Gasteiger partial charge in [-0.15, -0.1) is 0 Å². The Hall–Kier alpha value is -2.51. The summed E-state index contributed by atoms with van der Waals surface area (Å²) in [6, 6.07) is 15.1. The van der Waals surface area contributed by atoms with E-state index in [2.05, 4.69) is 5.32 Å². The molecule has 7 heteroatoms. The Morgan fingerprint density at radius 1 is 1.10 bits per heavy atom. The number of hydrogen-bond acceptors (Lipinski definition) is 3. The molecule has 1 aliphatic heterocycles. The number of nitrogens with zero attached hydrogens (tertiary/aromatic N) is 1. The standard InChI is InChI=1S/C22H25FN2O3S/c1-17(20-9-5-6-10-21(20)23)24-22(26)19-11-14-25(15-12-19)29(27,28)16-13-18-7-3-2-4-8-18/h2-10,13,16-17,19H,11-12,14-15H2,1H3,(H,24,26). The van der Waals surface area contributed by atoms with E-state index in [1.807, 2.05) is 30.3 Å². The molecule has 0 saturated carbocycles. The van der Waals surface area contributed by atoms with Crippen LogP contribution in [0.2, 0.25) is 0 Å². The van der Waals surface area contributed by atoms with Gasteiger partial charge in [0, 0.05) is 30.0 Å². The summed E-state index contributed by atoms with van der Waals surface area (Å²) in [5, 5.41) is 4.06. The van der Waals surface area contributed by atoms with Gasteiger partial charge < -0.3 is 5.32 Å². The lowest BCUT2D eigenvalue weighted by Gasteiger charge is -2.30. The Kier molecular flexibility index (Phi) is 6.82. The molecule has 1 saturated heterocycles. The molecular formula is C22H25FN2O3S. The quantitative estimate of drug-likeness (QED) is 0.781. The summed E-state index contributed by atoms with van der Waals surface area (Å²) in [5.41, 5.74) is 1.25. The first kappa shape index (κ1) is 21.2. The predicted octanol–water partition coefficient (Wildman–Crippen LogP) is 3.72. The fourth-order valence-electron chi connectivity index (χ4n) is 3.42. The highest BCUT2D eigenvalue weighted by molar-refractivity contribution is 7.92. The minimum absolute atomic E-state index is 0.169. The van der Waals surface area contributed by atoms with Gasteiger partial charge in [-0.2, -0.15) is 4.31 Å². The van der Waals surface area contributed by atoms with Gasteiger partial charge >= 0.3 is 0 Å². The Labute approximate surface area is 171 Å². The van der Waals surface area contributed by atoms with Crippen molar-refractivity contribution in [2.24, 2.45) is 5.92 Å². The summed E-state index contributed by atoms with van der Waals surface area (Å²) in [4.78, 5) is 12.5. The predicted molar refractivity (Wildman–Crippen MR) is 112 cm³/mol. The number of halogens is 1. The van der Waals surface area contributed by atoms with Crippen LogP contribution in [0.5, 0.6) is 0 Å². The molecule has 29 heavy (non-hydrogen) atoms. The van der Waals surface area contributed by atoms with Crippen molar-refractivity contribution < 1.29 is 17.6 Å². The second-order valence-electron chi connectivity index (χ2n) is 7.18. The van der Waals surface area contributed by atoms with Gasteiger partial charge in [0.15, 0.2) is 0 Å². The van der Waals surface area contributed by atoms with E-state index in [1.54, 1.807) is 31.2 Å². The van der Waals surface area contributed by atoms with Crippen LogP contribution in [0.1, 0.15) is 36.9 Å². The fraction of sp³-hybridized carbons (Fsp3) is 0.318. The first-order valence-electron chi connectivity index (χ1n) is 9.65. The number of rotatable bonds is 6. The zero-order valence-corrected chi connectivity index (χ0v) is 17.1. The SMILES string of the molecule is CC(NC(=O)C1CCN(S(=O)(=O)C=Cc2ccccc2)CC1)c1ccccc1F. The van der Waals surface area contributed by atoms with Crippen LogP contribution in [0.3, 0.4) is 0 Å². The van der Waals surface area contributed by atoms with E-state index >= 15 is 0 Å². The molecule has 1 fully saturated rings. The lowest BCUT2D eigenvalue weighted by atomic mass is 9.96. The Morgan fingerprint density at radius 2 is 1.72 bits per heavy atom. The van der Waals surface area contributed by atoms with E-state index in [0.29, 0.717) is 18.4 Å². The van der Waals surface area contributed by atoms with Gasteiger partial charge in [0.2, 0.25) is 15.9 Å². The lowest BCUT2D eigenvalue weighted by Crippen LogP contribution is -2.42. The number of carbonyl (C=O) groups is 1. The summed E-state index contributed by atoms with van der Waals surface area (Å²) in [7, 11) is -3.53. The minimum Gasteiger partial charge on any atom is -0.349 e. The van der Waals surface area contributed by atoms with Gasteiger partial charge in [0.1, 0.15) is 5.82 Å². The van der Waals surface area contributed by atoms with E-state index in [0.717, 1.165) is 5.56 Å². The first-order chi connectivity index (χ1) is 13.9. The molecule has 1 unspecified atom stereocenters. The molecule has 2 aromatic carbocycles. The third-order valence-corrected chi connectivity index (χ3v) is 6.71. The summed E-state index contributed by atoms with van der Waals surface area (Å²) < 4.78 is 40.3. The summed E-state index contributed by atoms with van der Waals surface area (Å²) in [6.45, 7) is 2.31. The molecule has 0 bridgehead atoms. The Bertz CT molecular complexity index is 969. The Balaban J connectivity index is 1.55. The van der Waals surface area contributed by atoms with Crippen LogP contribution in [0, 0.1) is 11.7 Å². The van der Waals surface area contributed by atoms with Crippen molar-refractivity contribution in [2.75, 3.05) is 13.1 Å². The molecule has 1 aliphatic rings. The van der Waals surface area contributed by atoms with Crippen molar-refractivity contribution in [3.05, 3.63) is 76.9 Å². The van der Waals surface area contributed by atoms with Gasteiger partial charge in [-0.3, -0.25) is 4.79 Å². The number of carbonyl (C=O) groups excluding carboxylic acids is 1. The maximum absolute atomic E-state index is 13.9. The molecule has 1 heterocycles. The summed E-state index contributed by atoms with van der Waals surface area (Å²) in [5.74, 6) is -0.808. The number of amides is 1. The van der Waals surface area contributed by atoms with Crippen LogP contribution in [0.15, 0.2) is 60.0 Å². The van der Waals surface area contributed by atoms with Gasteiger partial charge in [0.05, 0.1) is 6.04 Å². The normalized spacial score (nSPS) is 17.3. The fourth-order valence-corrected chi connectivity index (χ4v) is 4.64. The zero-order valence-electron chi connectivity index (χ0n) is 16.3. The van der Waals surface area contributed by atoms with Gasteiger partial charge in [0.25, 0.3) is 0 Å². The molecule has 1 N–H and O–H groups in total. The van der Waals surface area contributed by atoms with E-state index in [4.69, 9.17) is 0 Å². The summed E-state index contributed by atoms with van der Waals surface area (Å²) >= 11 is 0. The number of piperidine rings is 1. The van der Waals surface area contributed by atoms with Crippen LogP contribution < -0.4 is 5.32 Å². The maximum Gasteiger partial charge on any atom is 0.236 e. The molecule has 2 aromatic rings. The van der Waals surface area contributed by atoms with Crippen molar-refractivity contribution >= 4 is 22.0 Å². The molecule has 154 valence electrons. The molecule has 0 radical (unpaired) electrons. The van der Waals surface area contributed by atoms with Crippen molar-refractivity contribution in [2.45, 2.75) is 25.8 Å². The van der Waals surface area contributed by atoms with Crippen LogP contribution >= 0.6 is 0 Å². The molecule has 0 spiro atoms. The average Bonchev–Trinajstić information content (AvgIpc) is 2.73. The lowest BCUT2D eigenvalue weighted by molar-refractivity contribution is -0.126. The van der Waals surface area contributed by atoms with Crippen LogP contribution in [0.25, 0.3) is 6.08 Å². The van der Waals surface area contributed by atoms with Crippen LogP contribution in [0.4, 0.5) is 4.39 Å². The maximum atomic E-state index is 13.9. The van der Waals surface area contributed by atoms with Crippen molar-refractivity contribution in [3.8, 4) is 0 Å². The second kappa shape index (κ2) is 9.33. The van der Waals surface area contributed by atoms with Crippen LogP contribution in [-0.2, 0) is 14.8 Å². The monoisotopic (exact) mass is 416 g/mol. The smallest absolute Gasteiger partial charge is 0.236 e. The minimum atomic E-state index is -3.53. The van der Waals surface area contributed by atoms with E-state index < -0.39 is 16.1 Å². The van der Waals surface area contributed by atoms with Gasteiger partial charge in [-0.25, -0.2) is 12.8 Å². The third-order valence-electron chi connectivity index (χ3n) is 5.15. The third kappa shape index (κ3) is 5.52. The number of benzene rings is 2. The molecule has 1 atom stereocenters. The molecule has 0 aromatic heterocycles. The number of nitrogens with one attached hydrogen (secondary N) is 1. The zero-order chi connectivity index (χ0) is 20.9. The highest BCUT2D eigenvalue weighted by Gasteiger charge is 2.30. The molecule has 0 aliphatic carbocycles. The van der Waals surface area contributed by atoms with Crippen molar-refractivity contribution in [1.82, 2.24) is 9.62 Å². The number of hydrogen-bond donors (Lipinski definition) is 1. The average molecular weight is 417 g/mol. The van der Waals surface area contributed by atoms with E-state index in [9.17, 15) is 17.6 Å². The van der Waals surface area contributed by atoms with E-state index in [1.165, 1.54) is 15.8 Å². The highest BCUT2D eigenvalue weighted by Crippen LogP contribution is 2.23. The first-order valence-corrected chi connectivity index (χ1v) is 11.2. The van der Waals surface area contributed by atoms with E-state index in [-0.39, 0.29) is 30.7 Å². The van der Waals surface area contributed by atoms with Crippen LogP contribution in [-0.4, -0.2) is 31.7 Å². The Morgan fingerprint density at radius 3 is 2.38 bits per heavy atom. The second-order valence-corrected chi connectivity index (χ2v) is 9.00. The van der Waals surface area contributed by atoms with Crippen molar-refractivity contribution in [3.63, 3.8) is 0 Å². The highest BCUT2D eigenvalue weighted by atomic mass is 32.2. The molecular weight excluding hydrogens is 391 g/mol. The van der Waals surface area contributed by atoms with Gasteiger partial charge in [-0.05, 0) is 37.5 Å². The topological polar surface area (TPSA) is 66.5 Å². The number of sulfonamides is 1.